The molecule has 1 aliphatic rings. The molecule has 6 nitrogen and oxygen atoms in total. The lowest BCUT2D eigenvalue weighted by molar-refractivity contribution is 0.484. The van der Waals surface area contributed by atoms with E-state index in [0.29, 0.717) is 17.4 Å². The Morgan fingerprint density at radius 2 is 2.09 bits per heavy atom. The highest BCUT2D eigenvalue weighted by Crippen LogP contribution is 2.26. The molecule has 1 aromatic carbocycles. The van der Waals surface area contributed by atoms with E-state index < -0.39 is 0 Å². The summed E-state index contributed by atoms with van der Waals surface area (Å²) in [6, 6.07) is 10.6. The van der Waals surface area contributed by atoms with E-state index in [-0.39, 0.29) is 0 Å². The van der Waals surface area contributed by atoms with Gasteiger partial charge < -0.3 is 10.2 Å². The van der Waals surface area contributed by atoms with E-state index in [1.165, 1.54) is 0 Å². The molecular formula is C27H37N5O. The Morgan fingerprint density at radius 1 is 1.30 bits per heavy atom. The molecule has 6 heteroatoms. The number of pyridine rings is 1. The third-order valence-electron chi connectivity index (χ3n) is 6.42. The number of rotatable bonds is 7. The van der Waals surface area contributed by atoms with Gasteiger partial charge >= 0.3 is 0 Å². The van der Waals surface area contributed by atoms with Crippen LogP contribution in [0.1, 0.15) is 52.2 Å². The Balaban J connectivity index is 1.97. The van der Waals surface area contributed by atoms with Crippen molar-refractivity contribution in [1.29, 1.82) is 0 Å². The van der Waals surface area contributed by atoms with E-state index in [1.54, 1.807) is 4.57 Å². The summed E-state index contributed by atoms with van der Waals surface area (Å²) in [6.07, 6.45) is 5.73. The van der Waals surface area contributed by atoms with Crippen molar-refractivity contribution >= 4 is 29.2 Å². The number of allylic oxidation sites excluding steroid dienone is 1. The van der Waals surface area contributed by atoms with E-state index in [1.807, 2.05) is 31.3 Å². The Morgan fingerprint density at radius 3 is 2.76 bits per heavy atom. The zero-order chi connectivity index (χ0) is 24.0. The van der Waals surface area contributed by atoms with Gasteiger partial charge in [0.25, 0.3) is 0 Å². The highest BCUT2D eigenvalue weighted by molar-refractivity contribution is 5.87. The first kappa shape index (κ1) is 24.6. The maximum absolute atomic E-state index is 11.9. The summed E-state index contributed by atoms with van der Waals surface area (Å²) < 4.78 is 1.56. The molecule has 0 aliphatic carbocycles. The topological polar surface area (TPSA) is 62.0 Å². The SMILES string of the molecule is C/C=C(\N=c1ccc(N2CCN[C@@H](C)C2)cn1C=O)c1ccc(C)c(N=C(C)C(C)CC)c1. The van der Waals surface area contributed by atoms with Crippen molar-refractivity contribution in [2.75, 3.05) is 24.5 Å². The molecule has 1 aromatic heterocycles. The number of benzene rings is 1. The second-order valence-corrected chi connectivity index (χ2v) is 8.91. The summed E-state index contributed by atoms with van der Waals surface area (Å²) in [5.41, 5.74) is 6.66. The molecule has 1 aliphatic heterocycles. The number of aliphatic imine (C=N–C) groups is 1. The van der Waals surface area contributed by atoms with Crippen LogP contribution in [0.25, 0.3) is 5.70 Å². The monoisotopic (exact) mass is 447 g/mol. The molecule has 33 heavy (non-hydrogen) atoms. The van der Waals surface area contributed by atoms with Crippen molar-refractivity contribution in [2.45, 2.75) is 54.0 Å². The fraction of sp³-hybridized carbons (Fsp3) is 0.444. The fourth-order valence-electron chi connectivity index (χ4n) is 3.93. The Labute approximate surface area is 197 Å². The molecule has 2 atom stereocenters. The highest BCUT2D eigenvalue weighted by atomic mass is 16.1. The van der Waals surface area contributed by atoms with Gasteiger partial charge in [-0.3, -0.25) is 14.4 Å². The third-order valence-corrected chi connectivity index (χ3v) is 6.42. The summed E-state index contributed by atoms with van der Waals surface area (Å²) in [7, 11) is 0. The molecule has 176 valence electrons. The summed E-state index contributed by atoms with van der Waals surface area (Å²) in [5, 5.41) is 3.45. The van der Waals surface area contributed by atoms with Gasteiger partial charge in [0.15, 0.2) is 0 Å². The Hall–Kier alpha value is -2.99. The van der Waals surface area contributed by atoms with Crippen molar-refractivity contribution in [3.05, 3.63) is 59.2 Å². The van der Waals surface area contributed by atoms with Gasteiger partial charge in [0.2, 0.25) is 6.41 Å². The van der Waals surface area contributed by atoms with Gasteiger partial charge in [0.05, 0.1) is 17.1 Å². The number of nitrogens with zero attached hydrogens (tertiary/aromatic N) is 4. The van der Waals surface area contributed by atoms with Gasteiger partial charge in [-0.05, 0) is 63.8 Å². The molecule has 2 aromatic rings. The molecule has 0 bridgehead atoms. The molecule has 0 amide bonds. The quantitative estimate of drug-likeness (QED) is 0.493. The van der Waals surface area contributed by atoms with Crippen LogP contribution >= 0.6 is 0 Å². The second-order valence-electron chi connectivity index (χ2n) is 8.91. The number of aryl methyl sites for hydroxylation is 1. The predicted octanol–water partition coefficient (Wildman–Crippen LogP) is 4.73. The lowest BCUT2D eigenvalue weighted by Gasteiger charge is -2.33. The minimum atomic E-state index is 0.421. The highest BCUT2D eigenvalue weighted by Gasteiger charge is 2.16. The van der Waals surface area contributed by atoms with Gasteiger partial charge in [0, 0.05) is 43.1 Å². The van der Waals surface area contributed by atoms with E-state index in [0.717, 1.165) is 66.4 Å². The standard InChI is InChI=1S/C27H37N5O/c1-7-19(3)22(6)29-26-15-23(10-9-20(26)4)25(8-2)30-27-12-11-24(17-32(27)18-33)31-14-13-28-21(5)16-31/h8-12,15,17-19,21,28H,7,13-14,16H2,1-6H3/b25-8-,29-22?,30-27?/t19?,21-/m0/s1. The van der Waals surface area contributed by atoms with Crippen LogP contribution in [-0.4, -0.2) is 42.4 Å². The average Bonchev–Trinajstić information content (AvgIpc) is 2.83. The predicted molar refractivity (Wildman–Crippen MR) is 139 cm³/mol. The molecule has 0 spiro atoms. The number of aromatic nitrogens is 1. The smallest absolute Gasteiger partial charge is 0.219 e. The maximum Gasteiger partial charge on any atom is 0.219 e. The first-order chi connectivity index (χ1) is 15.9. The van der Waals surface area contributed by atoms with Crippen molar-refractivity contribution < 1.29 is 4.79 Å². The third kappa shape index (κ3) is 6.08. The van der Waals surface area contributed by atoms with Crippen LogP contribution in [0.15, 0.2) is 52.6 Å². The van der Waals surface area contributed by atoms with Crippen LogP contribution < -0.4 is 15.7 Å². The number of nitrogens with one attached hydrogen (secondary N) is 1. The molecule has 2 heterocycles. The van der Waals surface area contributed by atoms with Crippen molar-refractivity contribution in [3.63, 3.8) is 0 Å². The van der Waals surface area contributed by atoms with Crippen LogP contribution in [0.3, 0.4) is 0 Å². The second kappa shape index (κ2) is 11.2. The molecule has 1 fully saturated rings. The van der Waals surface area contributed by atoms with E-state index in [9.17, 15) is 4.79 Å². The minimum absolute atomic E-state index is 0.421. The normalized spacial score (nSPS) is 19.0. The summed E-state index contributed by atoms with van der Waals surface area (Å²) in [5.74, 6) is 0.447. The molecule has 1 N–H and O–H groups in total. The van der Waals surface area contributed by atoms with Crippen molar-refractivity contribution in [1.82, 2.24) is 9.88 Å². The van der Waals surface area contributed by atoms with Gasteiger partial charge in [-0.1, -0.05) is 32.1 Å². The minimum Gasteiger partial charge on any atom is -0.368 e. The summed E-state index contributed by atoms with van der Waals surface area (Å²) >= 11 is 0. The molecular weight excluding hydrogens is 410 g/mol. The van der Waals surface area contributed by atoms with Crippen LogP contribution in [-0.2, 0) is 4.79 Å². The zero-order valence-electron chi connectivity index (χ0n) is 20.8. The number of carbonyl (C=O) groups is 1. The Bertz CT molecular complexity index is 1110. The van der Waals surface area contributed by atoms with Gasteiger partial charge in [0.1, 0.15) is 5.49 Å². The number of hydrogen-bond acceptors (Lipinski definition) is 5. The molecule has 0 radical (unpaired) electrons. The van der Waals surface area contributed by atoms with Gasteiger partial charge in [-0.15, -0.1) is 0 Å². The Kier molecular flexibility index (Phi) is 8.39. The molecule has 3 rings (SSSR count). The number of piperazine rings is 1. The van der Waals surface area contributed by atoms with E-state index in [4.69, 9.17) is 9.98 Å². The van der Waals surface area contributed by atoms with Crippen molar-refractivity contribution in [2.24, 2.45) is 15.9 Å². The maximum atomic E-state index is 11.9. The molecule has 1 saturated heterocycles. The van der Waals surface area contributed by atoms with Gasteiger partial charge in [-0.25, -0.2) is 4.99 Å². The first-order valence-corrected chi connectivity index (χ1v) is 11.9. The number of carbonyl (C=O) groups excluding carboxylic acids is 1. The fourth-order valence-corrected chi connectivity index (χ4v) is 3.93. The van der Waals surface area contributed by atoms with Crippen LogP contribution in [0, 0.1) is 12.8 Å². The summed E-state index contributed by atoms with van der Waals surface area (Å²) in [4.78, 5) is 23.9. The lowest BCUT2D eigenvalue weighted by Crippen LogP contribution is -2.49. The van der Waals surface area contributed by atoms with Crippen LogP contribution in [0.2, 0.25) is 0 Å². The summed E-state index contributed by atoms with van der Waals surface area (Å²) in [6.45, 7) is 15.5. The van der Waals surface area contributed by atoms with Crippen LogP contribution in [0.5, 0.6) is 0 Å². The zero-order valence-corrected chi connectivity index (χ0v) is 20.8. The molecule has 1 unspecified atom stereocenters. The lowest BCUT2D eigenvalue weighted by atomic mass is 10.0. The largest absolute Gasteiger partial charge is 0.368 e. The first-order valence-electron chi connectivity index (χ1n) is 11.9. The van der Waals surface area contributed by atoms with E-state index in [2.05, 4.69) is 63.0 Å². The number of hydrogen-bond donors (Lipinski definition) is 1. The van der Waals surface area contributed by atoms with E-state index >= 15 is 0 Å². The number of anilines is 1. The average molecular weight is 448 g/mol. The van der Waals surface area contributed by atoms with Gasteiger partial charge in [-0.2, -0.15) is 0 Å². The van der Waals surface area contributed by atoms with Crippen LogP contribution in [0.4, 0.5) is 11.4 Å². The van der Waals surface area contributed by atoms with Crippen molar-refractivity contribution in [3.8, 4) is 0 Å². The molecule has 0 saturated carbocycles.